The van der Waals surface area contributed by atoms with Crippen LogP contribution >= 0.6 is 27.7 Å². The van der Waals surface area contributed by atoms with Crippen molar-refractivity contribution in [1.82, 2.24) is 9.78 Å². The Morgan fingerprint density at radius 3 is 2.77 bits per heavy atom. The first-order valence-electron chi connectivity index (χ1n) is 7.11. The zero-order valence-electron chi connectivity index (χ0n) is 13.2. The van der Waals surface area contributed by atoms with Crippen molar-refractivity contribution in [3.8, 4) is 0 Å². The summed E-state index contributed by atoms with van der Waals surface area (Å²) in [5, 5.41) is 7.13. The van der Waals surface area contributed by atoms with Crippen LogP contribution in [0.15, 0.2) is 33.8 Å². The van der Waals surface area contributed by atoms with Crippen LogP contribution in [0, 0.1) is 13.8 Å². The molecular weight excluding hydrogens is 362 g/mol. The standard InChI is InChI=1S/C16H20BrN3OS/c1-10(2)20-15(5-6-18-20)19-16(21)9-22-14-8-11(3)13(17)7-12(14)4/h5-8,10H,9H2,1-4H3,(H,19,21). The van der Waals surface area contributed by atoms with Gasteiger partial charge in [0, 0.05) is 21.5 Å². The van der Waals surface area contributed by atoms with Gasteiger partial charge in [0.25, 0.3) is 0 Å². The van der Waals surface area contributed by atoms with Gasteiger partial charge < -0.3 is 5.32 Å². The molecular formula is C16H20BrN3OS. The lowest BCUT2D eigenvalue weighted by molar-refractivity contribution is -0.113. The van der Waals surface area contributed by atoms with E-state index in [1.54, 1.807) is 22.6 Å². The highest BCUT2D eigenvalue weighted by Gasteiger charge is 2.11. The summed E-state index contributed by atoms with van der Waals surface area (Å²) in [6, 6.07) is 6.23. The molecule has 6 heteroatoms. The van der Waals surface area contributed by atoms with Crippen LogP contribution in [0.25, 0.3) is 0 Å². The van der Waals surface area contributed by atoms with Gasteiger partial charge in [0.05, 0.1) is 11.9 Å². The second kappa shape index (κ2) is 7.33. The largest absolute Gasteiger partial charge is 0.310 e. The van der Waals surface area contributed by atoms with E-state index >= 15 is 0 Å². The lowest BCUT2D eigenvalue weighted by Crippen LogP contribution is -2.18. The number of hydrogen-bond donors (Lipinski definition) is 1. The number of rotatable bonds is 5. The second-order valence-electron chi connectivity index (χ2n) is 5.46. The molecule has 4 nitrogen and oxygen atoms in total. The molecule has 1 aromatic heterocycles. The molecule has 2 aromatic rings. The van der Waals surface area contributed by atoms with Gasteiger partial charge in [-0.2, -0.15) is 5.10 Å². The first-order valence-corrected chi connectivity index (χ1v) is 8.89. The molecule has 1 amide bonds. The van der Waals surface area contributed by atoms with Crippen LogP contribution in [-0.2, 0) is 4.79 Å². The van der Waals surface area contributed by atoms with Gasteiger partial charge in [0.2, 0.25) is 5.91 Å². The van der Waals surface area contributed by atoms with Crippen molar-refractivity contribution in [3.63, 3.8) is 0 Å². The highest BCUT2D eigenvalue weighted by Crippen LogP contribution is 2.28. The van der Waals surface area contributed by atoms with E-state index < -0.39 is 0 Å². The van der Waals surface area contributed by atoms with Gasteiger partial charge in [-0.3, -0.25) is 4.79 Å². The number of benzene rings is 1. The molecule has 0 saturated heterocycles. The first-order chi connectivity index (χ1) is 10.4. The van der Waals surface area contributed by atoms with Crippen molar-refractivity contribution in [2.45, 2.75) is 38.6 Å². The third kappa shape index (κ3) is 4.14. The second-order valence-corrected chi connectivity index (χ2v) is 7.33. The van der Waals surface area contributed by atoms with Crippen molar-refractivity contribution in [1.29, 1.82) is 0 Å². The van der Waals surface area contributed by atoms with E-state index in [9.17, 15) is 4.79 Å². The lowest BCUT2D eigenvalue weighted by Gasteiger charge is -2.12. The maximum Gasteiger partial charge on any atom is 0.235 e. The Morgan fingerprint density at radius 2 is 2.09 bits per heavy atom. The summed E-state index contributed by atoms with van der Waals surface area (Å²) in [4.78, 5) is 13.3. The molecule has 0 saturated carbocycles. The number of halogens is 1. The summed E-state index contributed by atoms with van der Waals surface area (Å²) in [6.07, 6.45) is 1.70. The van der Waals surface area contributed by atoms with Crippen molar-refractivity contribution in [2.75, 3.05) is 11.1 Å². The number of nitrogens with zero attached hydrogens (tertiary/aromatic N) is 2. The van der Waals surface area contributed by atoms with Gasteiger partial charge in [-0.1, -0.05) is 15.9 Å². The molecule has 118 valence electrons. The number of nitrogens with one attached hydrogen (secondary N) is 1. The number of carbonyl (C=O) groups excluding carboxylic acids is 1. The van der Waals surface area contributed by atoms with E-state index in [0.29, 0.717) is 5.75 Å². The van der Waals surface area contributed by atoms with Gasteiger partial charge in [0.15, 0.2) is 0 Å². The zero-order valence-corrected chi connectivity index (χ0v) is 15.6. The minimum Gasteiger partial charge on any atom is -0.310 e. The SMILES string of the molecule is Cc1cc(SCC(=O)Nc2ccnn2C(C)C)c(C)cc1Br. The molecule has 1 aromatic carbocycles. The summed E-state index contributed by atoms with van der Waals surface area (Å²) in [7, 11) is 0. The highest BCUT2D eigenvalue weighted by molar-refractivity contribution is 9.10. The topological polar surface area (TPSA) is 46.9 Å². The molecule has 1 heterocycles. The number of anilines is 1. The van der Waals surface area contributed by atoms with E-state index in [1.165, 1.54) is 11.1 Å². The van der Waals surface area contributed by atoms with E-state index in [-0.39, 0.29) is 11.9 Å². The average molecular weight is 382 g/mol. The predicted molar refractivity (Wildman–Crippen MR) is 95.6 cm³/mol. The monoisotopic (exact) mass is 381 g/mol. The van der Waals surface area contributed by atoms with Crippen molar-refractivity contribution in [2.24, 2.45) is 0 Å². The van der Waals surface area contributed by atoms with E-state index in [4.69, 9.17) is 0 Å². The first kappa shape index (κ1) is 17.1. The number of amides is 1. The summed E-state index contributed by atoms with van der Waals surface area (Å²) in [5.74, 6) is 1.10. The normalized spacial score (nSPS) is 11.0. The molecule has 0 spiro atoms. The molecule has 0 radical (unpaired) electrons. The summed E-state index contributed by atoms with van der Waals surface area (Å²) in [5.41, 5.74) is 2.34. The molecule has 0 unspecified atom stereocenters. The molecule has 0 aliphatic heterocycles. The smallest absolute Gasteiger partial charge is 0.235 e. The Bertz CT molecular complexity index is 682. The highest BCUT2D eigenvalue weighted by atomic mass is 79.9. The molecule has 1 N–H and O–H groups in total. The molecule has 0 fully saturated rings. The summed E-state index contributed by atoms with van der Waals surface area (Å²) >= 11 is 5.07. The Balaban J connectivity index is 1.99. The Labute approximate surface area is 143 Å². The minimum absolute atomic E-state index is 0.0210. The van der Waals surface area contributed by atoms with E-state index in [2.05, 4.69) is 52.3 Å². The fraction of sp³-hybridized carbons (Fsp3) is 0.375. The number of aromatic nitrogens is 2. The third-order valence-corrected chi connectivity index (χ3v) is 5.25. The predicted octanol–water partition coefficient (Wildman–Crippen LogP) is 4.57. The third-order valence-electron chi connectivity index (χ3n) is 3.24. The maximum atomic E-state index is 12.1. The van der Waals surface area contributed by atoms with E-state index in [0.717, 1.165) is 15.2 Å². The fourth-order valence-electron chi connectivity index (χ4n) is 2.06. The number of thioether (sulfide) groups is 1. The number of aryl methyl sites for hydroxylation is 2. The molecule has 22 heavy (non-hydrogen) atoms. The lowest BCUT2D eigenvalue weighted by atomic mass is 10.2. The van der Waals surface area contributed by atoms with Crippen LogP contribution in [0.3, 0.4) is 0 Å². The summed E-state index contributed by atoms with van der Waals surface area (Å²) in [6.45, 7) is 8.17. The Hall–Kier alpha value is -1.27. The van der Waals surface area contributed by atoms with Crippen LogP contribution in [0.5, 0.6) is 0 Å². The van der Waals surface area contributed by atoms with Crippen molar-refractivity contribution in [3.05, 3.63) is 40.0 Å². The minimum atomic E-state index is -0.0210. The quantitative estimate of drug-likeness (QED) is 0.771. The summed E-state index contributed by atoms with van der Waals surface area (Å²) < 4.78 is 2.90. The molecule has 0 aliphatic rings. The van der Waals surface area contributed by atoms with Crippen LogP contribution in [0.4, 0.5) is 5.82 Å². The fourth-order valence-corrected chi connectivity index (χ4v) is 3.42. The van der Waals surface area contributed by atoms with Gasteiger partial charge in [-0.05, 0) is 51.0 Å². The molecule has 2 rings (SSSR count). The van der Waals surface area contributed by atoms with Crippen molar-refractivity contribution >= 4 is 39.4 Å². The van der Waals surface area contributed by atoms with Crippen LogP contribution in [0.1, 0.15) is 31.0 Å². The van der Waals surface area contributed by atoms with Crippen LogP contribution in [0.2, 0.25) is 0 Å². The molecule has 0 atom stereocenters. The van der Waals surface area contributed by atoms with Crippen LogP contribution < -0.4 is 5.32 Å². The number of hydrogen-bond acceptors (Lipinski definition) is 3. The van der Waals surface area contributed by atoms with Gasteiger partial charge in [-0.25, -0.2) is 4.68 Å². The van der Waals surface area contributed by atoms with Crippen molar-refractivity contribution < 1.29 is 4.79 Å². The Kier molecular flexibility index (Phi) is 5.69. The number of carbonyl (C=O) groups is 1. The zero-order chi connectivity index (χ0) is 16.3. The van der Waals surface area contributed by atoms with Crippen LogP contribution in [-0.4, -0.2) is 21.4 Å². The van der Waals surface area contributed by atoms with Gasteiger partial charge >= 0.3 is 0 Å². The maximum absolute atomic E-state index is 12.1. The van der Waals surface area contributed by atoms with Gasteiger partial charge in [0.1, 0.15) is 5.82 Å². The average Bonchev–Trinajstić information content (AvgIpc) is 2.89. The van der Waals surface area contributed by atoms with Gasteiger partial charge in [-0.15, -0.1) is 11.8 Å². The van der Waals surface area contributed by atoms with E-state index in [1.807, 2.05) is 19.9 Å². The molecule has 0 aliphatic carbocycles. The Morgan fingerprint density at radius 1 is 1.36 bits per heavy atom. The molecule has 0 bridgehead atoms.